The normalized spacial score (nSPS) is 12.5. The Hall–Kier alpha value is -2.33. The topological polar surface area (TPSA) is 47.3 Å². The number of para-hydroxylation sites is 3. The van der Waals surface area contributed by atoms with E-state index in [9.17, 15) is 5.11 Å². The Kier molecular flexibility index (Phi) is 5.39. The minimum atomic E-state index is -0.591. The van der Waals surface area contributed by atoms with Crippen LogP contribution >= 0.6 is 0 Å². The summed E-state index contributed by atoms with van der Waals surface area (Å²) in [6.07, 6.45) is 1.34. The summed E-state index contributed by atoms with van der Waals surface area (Å²) in [5, 5.41) is 10.5. The van der Waals surface area contributed by atoms with Crippen LogP contribution in [0.4, 0.5) is 0 Å². The maximum atomic E-state index is 10.5. The lowest BCUT2D eigenvalue weighted by Crippen LogP contribution is -2.25. The number of aliphatic hydroxyl groups is 1. The number of benzene rings is 2. The van der Waals surface area contributed by atoms with Crippen LogP contribution in [0.25, 0.3) is 11.0 Å². The number of aromatic nitrogens is 2. The second-order valence-corrected chi connectivity index (χ2v) is 6.56. The molecule has 0 saturated carbocycles. The van der Waals surface area contributed by atoms with Gasteiger partial charge in [-0.05, 0) is 43.5 Å². The van der Waals surface area contributed by atoms with Gasteiger partial charge in [-0.2, -0.15) is 0 Å². The van der Waals surface area contributed by atoms with Crippen molar-refractivity contribution in [3.63, 3.8) is 0 Å². The van der Waals surface area contributed by atoms with E-state index in [1.54, 1.807) is 0 Å². The molecule has 0 amide bonds. The van der Waals surface area contributed by atoms with Crippen molar-refractivity contribution >= 4 is 11.0 Å². The maximum absolute atomic E-state index is 10.5. The van der Waals surface area contributed by atoms with Crippen LogP contribution in [-0.4, -0.2) is 27.4 Å². The number of aryl methyl sites for hydroxylation is 3. The van der Waals surface area contributed by atoms with Crippen molar-refractivity contribution in [3.05, 3.63) is 59.4 Å². The molecule has 1 heterocycles. The highest BCUT2D eigenvalue weighted by Crippen LogP contribution is 2.23. The molecule has 1 atom stereocenters. The molecule has 4 heteroatoms. The first-order valence-electron chi connectivity index (χ1n) is 8.91. The molecular formula is C21H26N2O2. The second-order valence-electron chi connectivity index (χ2n) is 6.56. The molecule has 3 aromatic rings. The molecule has 0 aliphatic carbocycles. The average molecular weight is 338 g/mol. The SMILES string of the molecule is CCCc1nc2ccccc2n1CC(O)COc1c(C)cccc1C. The largest absolute Gasteiger partial charge is 0.490 e. The number of hydrogen-bond acceptors (Lipinski definition) is 3. The summed E-state index contributed by atoms with van der Waals surface area (Å²) < 4.78 is 8.03. The summed E-state index contributed by atoms with van der Waals surface area (Å²) in [5.74, 6) is 1.89. The van der Waals surface area contributed by atoms with E-state index in [1.807, 2.05) is 50.2 Å². The zero-order chi connectivity index (χ0) is 17.8. The van der Waals surface area contributed by atoms with Crippen LogP contribution in [0, 0.1) is 13.8 Å². The molecule has 0 aliphatic rings. The van der Waals surface area contributed by atoms with Crippen LogP contribution in [0.2, 0.25) is 0 Å². The molecule has 1 aromatic heterocycles. The van der Waals surface area contributed by atoms with Crippen LogP contribution in [0.3, 0.4) is 0 Å². The Labute approximate surface area is 149 Å². The third-order valence-electron chi connectivity index (χ3n) is 4.43. The lowest BCUT2D eigenvalue weighted by Gasteiger charge is -2.17. The van der Waals surface area contributed by atoms with Gasteiger partial charge in [0.2, 0.25) is 0 Å². The van der Waals surface area contributed by atoms with Crippen molar-refractivity contribution < 1.29 is 9.84 Å². The number of nitrogens with zero attached hydrogens (tertiary/aromatic N) is 2. The van der Waals surface area contributed by atoms with E-state index in [4.69, 9.17) is 9.72 Å². The lowest BCUT2D eigenvalue weighted by molar-refractivity contribution is 0.0920. The number of aliphatic hydroxyl groups excluding tert-OH is 1. The molecule has 132 valence electrons. The fraction of sp³-hybridized carbons (Fsp3) is 0.381. The van der Waals surface area contributed by atoms with Crippen molar-refractivity contribution in [2.45, 2.75) is 46.3 Å². The molecule has 3 rings (SSSR count). The van der Waals surface area contributed by atoms with Crippen molar-refractivity contribution in [1.29, 1.82) is 0 Å². The number of ether oxygens (including phenoxy) is 1. The van der Waals surface area contributed by atoms with Gasteiger partial charge in [-0.1, -0.05) is 37.3 Å². The Bertz CT molecular complexity index is 834. The highest BCUT2D eigenvalue weighted by Gasteiger charge is 2.15. The zero-order valence-electron chi connectivity index (χ0n) is 15.2. The molecule has 0 aliphatic heterocycles. The number of fused-ring (bicyclic) bond motifs is 1. The predicted octanol–water partition coefficient (Wildman–Crippen LogP) is 4.05. The summed E-state index contributed by atoms with van der Waals surface area (Å²) in [6, 6.07) is 14.1. The van der Waals surface area contributed by atoms with E-state index < -0.39 is 6.10 Å². The molecule has 25 heavy (non-hydrogen) atoms. The molecule has 2 aromatic carbocycles. The Morgan fingerprint density at radius 2 is 1.80 bits per heavy atom. The summed E-state index contributed by atoms with van der Waals surface area (Å²) in [7, 11) is 0. The van der Waals surface area contributed by atoms with Gasteiger partial charge in [0.25, 0.3) is 0 Å². The van der Waals surface area contributed by atoms with Crippen molar-refractivity contribution in [1.82, 2.24) is 9.55 Å². The van der Waals surface area contributed by atoms with E-state index in [1.165, 1.54) is 0 Å². The van der Waals surface area contributed by atoms with Gasteiger partial charge in [-0.15, -0.1) is 0 Å². The van der Waals surface area contributed by atoms with E-state index in [2.05, 4.69) is 17.6 Å². The highest BCUT2D eigenvalue weighted by molar-refractivity contribution is 5.75. The zero-order valence-corrected chi connectivity index (χ0v) is 15.2. The first kappa shape index (κ1) is 17.5. The van der Waals surface area contributed by atoms with Gasteiger partial charge in [0, 0.05) is 6.42 Å². The molecule has 0 radical (unpaired) electrons. The minimum absolute atomic E-state index is 0.268. The van der Waals surface area contributed by atoms with Gasteiger partial charge < -0.3 is 14.4 Å². The molecule has 0 bridgehead atoms. The third-order valence-corrected chi connectivity index (χ3v) is 4.43. The van der Waals surface area contributed by atoms with Crippen molar-refractivity contribution in [2.24, 2.45) is 0 Å². The first-order chi connectivity index (χ1) is 12.1. The Morgan fingerprint density at radius 1 is 1.08 bits per heavy atom. The Balaban J connectivity index is 1.75. The summed E-state index contributed by atoms with van der Waals surface area (Å²) >= 11 is 0. The predicted molar refractivity (Wildman–Crippen MR) is 101 cm³/mol. The monoisotopic (exact) mass is 338 g/mol. The van der Waals surface area contributed by atoms with E-state index in [0.29, 0.717) is 6.54 Å². The van der Waals surface area contributed by atoms with Crippen LogP contribution in [0.5, 0.6) is 5.75 Å². The van der Waals surface area contributed by atoms with Crippen LogP contribution < -0.4 is 4.74 Å². The second kappa shape index (κ2) is 7.70. The van der Waals surface area contributed by atoms with Gasteiger partial charge in [0.1, 0.15) is 24.3 Å². The quantitative estimate of drug-likeness (QED) is 0.707. The van der Waals surface area contributed by atoms with E-state index >= 15 is 0 Å². The third kappa shape index (κ3) is 3.85. The summed E-state index contributed by atoms with van der Waals surface area (Å²) in [5.41, 5.74) is 4.23. The van der Waals surface area contributed by atoms with Crippen molar-refractivity contribution in [2.75, 3.05) is 6.61 Å². The number of hydrogen-bond donors (Lipinski definition) is 1. The van der Waals surface area contributed by atoms with Crippen LogP contribution in [-0.2, 0) is 13.0 Å². The number of rotatable bonds is 7. The van der Waals surface area contributed by atoms with Crippen LogP contribution in [0.1, 0.15) is 30.3 Å². The molecular weight excluding hydrogens is 312 g/mol. The lowest BCUT2D eigenvalue weighted by atomic mass is 10.1. The van der Waals surface area contributed by atoms with E-state index in [-0.39, 0.29) is 6.61 Å². The van der Waals surface area contributed by atoms with Gasteiger partial charge in [0.15, 0.2) is 0 Å². The standard InChI is InChI=1S/C21H26N2O2/c1-4-8-20-22-18-11-5-6-12-19(18)23(20)13-17(24)14-25-21-15(2)9-7-10-16(21)3/h5-7,9-12,17,24H,4,8,13-14H2,1-3H3. The number of imidazole rings is 1. The summed E-state index contributed by atoms with van der Waals surface area (Å²) in [6.45, 7) is 6.95. The minimum Gasteiger partial charge on any atom is -0.490 e. The van der Waals surface area contributed by atoms with Gasteiger partial charge in [-0.3, -0.25) is 0 Å². The molecule has 0 fully saturated rings. The molecule has 1 N–H and O–H groups in total. The average Bonchev–Trinajstić information content (AvgIpc) is 2.92. The molecule has 0 saturated heterocycles. The van der Waals surface area contributed by atoms with Crippen LogP contribution in [0.15, 0.2) is 42.5 Å². The fourth-order valence-corrected chi connectivity index (χ4v) is 3.21. The maximum Gasteiger partial charge on any atom is 0.125 e. The van der Waals surface area contributed by atoms with Gasteiger partial charge in [-0.25, -0.2) is 4.98 Å². The molecule has 1 unspecified atom stereocenters. The summed E-state index contributed by atoms with van der Waals surface area (Å²) in [4.78, 5) is 4.71. The highest BCUT2D eigenvalue weighted by atomic mass is 16.5. The van der Waals surface area contributed by atoms with Crippen molar-refractivity contribution in [3.8, 4) is 5.75 Å². The first-order valence-corrected chi connectivity index (χ1v) is 8.91. The van der Waals surface area contributed by atoms with E-state index in [0.717, 1.165) is 46.6 Å². The molecule has 0 spiro atoms. The van der Waals surface area contributed by atoms with Gasteiger partial charge in [0.05, 0.1) is 17.6 Å². The Morgan fingerprint density at radius 3 is 2.52 bits per heavy atom. The molecule has 4 nitrogen and oxygen atoms in total. The van der Waals surface area contributed by atoms with Gasteiger partial charge >= 0.3 is 0 Å². The smallest absolute Gasteiger partial charge is 0.125 e. The fourth-order valence-electron chi connectivity index (χ4n) is 3.21.